The summed E-state index contributed by atoms with van der Waals surface area (Å²) in [6, 6.07) is 9.31. The Hall–Kier alpha value is -2.71. The van der Waals surface area contributed by atoms with Gasteiger partial charge in [0, 0.05) is 26.2 Å². The predicted molar refractivity (Wildman–Crippen MR) is 123 cm³/mol. The van der Waals surface area contributed by atoms with Gasteiger partial charge in [-0.15, -0.1) is 0 Å². The number of hydrogen-bond acceptors (Lipinski definition) is 7. The van der Waals surface area contributed by atoms with Crippen LogP contribution in [0, 0.1) is 0 Å². The highest BCUT2D eigenvalue weighted by atomic mass is 35.5. The van der Waals surface area contributed by atoms with Gasteiger partial charge in [0.15, 0.2) is 11.5 Å². The largest absolute Gasteiger partial charge is 0.444 e. The topological polar surface area (TPSA) is 73.4 Å². The third kappa shape index (κ3) is 4.06. The van der Waals surface area contributed by atoms with Gasteiger partial charge in [-0.25, -0.2) is 4.79 Å². The van der Waals surface area contributed by atoms with E-state index in [4.69, 9.17) is 30.5 Å². The Morgan fingerprint density at radius 3 is 2.67 bits per heavy atom. The zero-order valence-corrected chi connectivity index (χ0v) is 20.0. The van der Waals surface area contributed by atoms with E-state index in [-0.39, 0.29) is 18.2 Å². The maximum atomic E-state index is 12.8. The molecule has 5 rings (SSSR count). The molecule has 2 aromatic rings. The summed E-state index contributed by atoms with van der Waals surface area (Å²) in [5.74, 6) is 0.248. The number of fused-ring (bicyclic) bond motifs is 2. The van der Waals surface area contributed by atoms with Crippen molar-refractivity contribution in [2.75, 3.05) is 31.2 Å². The summed E-state index contributed by atoms with van der Waals surface area (Å²) in [4.78, 5) is 21.3. The number of rotatable bonds is 2. The number of piperazine rings is 1. The number of ether oxygens (including phenoxy) is 4. The molecule has 3 atom stereocenters. The number of halogens is 1. The van der Waals surface area contributed by atoms with Gasteiger partial charge in [0.05, 0.1) is 36.0 Å². The van der Waals surface area contributed by atoms with Crippen LogP contribution in [0.5, 0.6) is 11.5 Å². The van der Waals surface area contributed by atoms with Gasteiger partial charge in [-0.1, -0.05) is 17.7 Å². The summed E-state index contributed by atoms with van der Waals surface area (Å²) >= 11 is 6.00. The quantitative estimate of drug-likeness (QED) is 0.647. The molecule has 176 valence electrons. The van der Waals surface area contributed by atoms with Crippen LogP contribution in [0.15, 0.2) is 36.5 Å². The van der Waals surface area contributed by atoms with E-state index in [0.717, 1.165) is 5.69 Å². The van der Waals surface area contributed by atoms with Crippen molar-refractivity contribution >= 4 is 23.4 Å². The first-order valence-electron chi connectivity index (χ1n) is 11.1. The van der Waals surface area contributed by atoms with Gasteiger partial charge in [0.2, 0.25) is 0 Å². The number of hydrogen-bond donors (Lipinski definition) is 0. The molecule has 0 N–H and O–H groups in total. The number of carbonyl (C=O) groups is 1. The molecule has 0 saturated carbocycles. The highest BCUT2D eigenvalue weighted by Gasteiger charge is 2.47. The molecular formula is C24H28ClN3O5. The Balaban J connectivity index is 1.41. The van der Waals surface area contributed by atoms with Gasteiger partial charge < -0.3 is 23.8 Å². The highest BCUT2D eigenvalue weighted by molar-refractivity contribution is 6.30. The molecule has 0 radical (unpaired) electrons. The van der Waals surface area contributed by atoms with E-state index in [0.29, 0.717) is 48.5 Å². The van der Waals surface area contributed by atoms with Crippen molar-refractivity contribution in [2.24, 2.45) is 0 Å². The average molecular weight is 474 g/mol. The number of para-hydroxylation sites is 1. The van der Waals surface area contributed by atoms with E-state index < -0.39 is 11.4 Å². The van der Waals surface area contributed by atoms with E-state index in [1.807, 2.05) is 45.9 Å². The molecule has 1 amide bonds. The molecule has 2 fully saturated rings. The van der Waals surface area contributed by atoms with E-state index in [1.165, 1.54) is 0 Å². The third-order valence-electron chi connectivity index (χ3n) is 6.09. The standard InChI is InChI=1S/C24H28ClN3O5/c1-23(2,3)33-22(29)28-11-10-27(17-13-30-14-18(17)28)16-6-5-7-19-21(16)32-24(4,31-19)20-9-8-15(25)12-26-20/h5-9,12,17-18H,10-11,13-14H2,1-4H3/t17-,18+,24+/m1/s1. The van der Waals surface area contributed by atoms with Gasteiger partial charge in [-0.2, -0.15) is 0 Å². The van der Waals surface area contributed by atoms with E-state index >= 15 is 0 Å². The molecular weight excluding hydrogens is 446 g/mol. The van der Waals surface area contributed by atoms with Crippen LogP contribution < -0.4 is 14.4 Å². The first kappa shape index (κ1) is 22.1. The normalized spacial score (nSPS) is 26.3. The second-order valence-electron chi connectivity index (χ2n) is 9.66. The first-order valence-corrected chi connectivity index (χ1v) is 11.5. The fourth-order valence-corrected chi connectivity index (χ4v) is 4.72. The lowest BCUT2D eigenvalue weighted by Gasteiger charge is -2.44. The van der Waals surface area contributed by atoms with Crippen molar-refractivity contribution in [1.29, 1.82) is 0 Å². The Bertz CT molecular complexity index is 1060. The van der Waals surface area contributed by atoms with Gasteiger partial charge in [0.25, 0.3) is 5.79 Å². The minimum atomic E-state index is -1.06. The number of aromatic nitrogens is 1. The Morgan fingerprint density at radius 1 is 1.15 bits per heavy atom. The summed E-state index contributed by atoms with van der Waals surface area (Å²) in [6.07, 6.45) is 1.27. The summed E-state index contributed by atoms with van der Waals surface area (Å²) in [7, 11) is 0. The van der Waals surface area contributed by atoms with Crippen LogP contribution in [0.3, 0.4) is 0 Å². The molecule has 0 aliphatic carbocycles. The minimum Gasteiger partial charge on any atom is -0.444 e. The minimum absolute atomic E-state index is 0.0121. The molecule has 3 aliphatic heterocycles. The van der Waals surface area contributed by atoms with Crippen LogP contribution in [0.4, 0.5) is 10.5 Å². The molecule has 0 bridgehead atoms. The molecule has 1 aromatic heterocycles. The van der Waals surface area contributed by atoms with Crippen LogP contribution in [0.1, 0.15) is 33.4 Å². The average Bonchev–Trinajstić information content (AvgIpc) is 3.36. The highest BCUT2D eigenvalue weighted by Crippen LogP contribution is 2.50. The summed E-state index contributed by atoms with van der Waals surface area (Å²) in [5, 5.41) is 0.550. The number of nitrogens with zero attached hydrogens (tertiary/aromatic N) is 3. The van der Waals surface area contributed by atoms with Crippen LogP contribution in [0.2, 0.25) is 5.02 Å². The lowest BCUT2D eigenvalue weighted by molar-refractivity contribution is -0.0716. The molecule has 0 spiro atoms. The van der Waals surface area contributed by atoms with Crippen molar-refractivity contribution in [3.05, 3.63) is 47.2 Å². The Labute approximate surface area is 198 Å². The number of carbonyl (C=O) groups excluding carboxylic acids is 1. The van der Waals surface area contributed by atoms with E-state index in [2.05, 4.69) is 9.88 Å². The lowest BCUT2D eigenvalue weighted by Crippen LogP contribution is -2.61. The van der Waals surface area contributed by atoms with Crippen molar-refractivity contribution in [3.8, 4) is 11.5 Å². The second-order valence-corrected chi connectivity index (χ2v) is 10.1. The van der Waals surface area contributed by atoms with Gasteiger partial charge in [-0.3, -0.25) is 9.88 Å². The molecule has 4 heterocycles. The monoisotopic (exact) mass is 473 g/mol. The van der Waals surface area contributed by atoms with Crippen LogP contribution in [-0.4, -0.2) is 60.0 Å². The number of anilines is 1. The van der Waals surface area contributed by atoms with Crippen molar-refractivity contribution < 1.29 is 23.7 Å². The second kappa shape index (κ2) is 7.95. The maximum Gasteiger partial charge on any atom is 0.410 e. The molecule has 9 heteroatoms. The smallest absolute Gasteiger partial charge is 0.410 e. The van der Waals surface area contributed by atoms with Gasteiger partial charge in [-0.05, 0) is 45.0 Å². The SMILES string of the molecule is CC(C)(C)OC(=O)N1CCN(c2cccc3c2O[C@@](C)(c2ccc(Cl)cn2)O3)[C@@H]2COC[C@@H]21. The van der Waals surface area contributed by atoms with Crippen LogP contribution in [0.25, 0.3) is 0 Å². The lowest BCUT2D eigenvalue weighted by atomic mass is 10.0. The Morgan fingerprint density at radius 2 is 1.94 bits per heavy atom. The molecule has 0 unspecified atom stereocenters. The first-order chi connectivity index (χ1) is 15.6. The fraction of sp³-hybridized carbons (Fsp3) is 0.500. The van der Waals surface area contributed by atoms with Gasteiger partial charge in [0.1, 0.15) is 11.3 Å². The predicted octanol–water partition coefficient (Wildman–Crippen LogP) is 4.20. The zero-order chi connectivity index (χ0) is 23.4. The number of amides is 1. The molecule has 3 aliphatic rings. The molecule has 1 aromatic carbocycles. The number of pyridine rings is 1. The summed E-state index contributed by atoms with van der Waals surface area (Å²) in [6.45, 7) is 9.61. The van der Waals surface area contributed by atoms with Crippen LogP contribution in [-0.2, 0) is 15.3 Å². The van der Waals surface area contributed by atoms with Crippen molar-refractivity contribution in [3.63, 3.8) is 0 Å². The number of benzene rings is 1. The summed E-state index contributed by atoms with van der Waals surface area (Å²) in [5.41, 5.74) is 0.995. The molecule has 2 saturated heterocycles. The zero-order valence-electron chi connectivity index (χ0n) is 19.2. The fourth-order valence-electron chi connectivity index (χ4n) is 4.61. The van der Waals surface area contributed by atoms with Crippen LogP contribution >= 0.6 is 11.6 Å². The van der Waals surface area contributed by atoms with E-state index in [9.17, 15) is 4.79 Å². The molecule has 8 nitrogen and oxygen atoms in total. The van der Waals surface area contributed by atoms with E-state index in [1.54, 1.807) is 23.2 Å². The van der Waals surface area contributed by atoms with Crippen molar-refractivity contribution in [2.45, 2.75) is 51.2 Å². The third-order valence-corrected chi connectivity index (χ3v) is 6.32. The van der Waals surface area contributed by atoms with Gasteiger partial charge >= 0.3 is 6.09 Å². The summed E-state index contributed by atoms with van der Waals surface area (Å²) < 4.78 is 24.0. The van der Waals surface area contributed by atoms with Crippen molar-refractivity contribution in [1.82, 2.24) is 9.88 Å². The Kier molecular flexibility index (Phi) is 5.33. The molecule has 33 heavy (non-hydrogen) atoms. The maximum absolute atomic E-state index is 12.8.